The van der Waals surface area contributed by atoms with Gasteiger partial charge in [-0.05, 0) is 30.2 Å². The Bertz CT molecular complexity index is 778. The monoisotopic (exact) mass is 369 g/mol. The summed E-state index contributed by atoms with van der Waals surface area (Å²) in [6.07, 6.45) is 1.44. The van der Waals surface area contributed by atoms with E-state index in [1.807, 2.05) is 55.5 Å². The van der Waals surface area contributed by atoms with Crippen LogP contribution in [-0.2, 0) is 11.3 Å². The van der Waals surface area contributed by atoms with Gasteiger partial charge in [0.05, 0.1) is 0 Å². The molecular formula is C18H16BrN3O. The number of nitriles is 1. The molecule has 2 rings (SSSR count). The first-order chi connectivity index (χ1) is 11.1. The van der Waals surface area contributed by atoms with E-state index in [2.05, 4.69) is 26.6 Å². The molecule has 4 nitrogen and oxygen atoms in total. The Morgan fingerprint density at radius 3 is 2.61 bits per heavy atom. The minimum absolute atomic E-state index is 0.0281. The minimum atomic E-state index is -0.429. The van der Waals surface area contributed by atoms with Gasteiger partial charge in [0.2, 0.25) is 0 Å². The highest BCUT2D eigenvalue weighted by Gasteiger charge is 2.10. The lowest BCUT2D eigenvalue weighted by Crippen LogP contribution is -2.17. The van der Waals surface area contributed by atoms with Crippen LogP contribution in [0.5, 0.6) is 0 Å². The lowest BCUT2D eigenvalue weighted by Gasteiger charge is -2.08. The van der Waals surface area contributed by atoms with Crippen molar-refractivity contribution < 1.29 is 4.79 Å². The van der Waals surface area contributed by atoms with E-state index in [0.717, 1.165) is 15.6 Å². The minimum Gasteiger partial charge on any atom is -0.386 e. The molecule has 0 aliphatic heterocycles. The zero-order valence-corrected chi connectivity index (χ0v) is 14.2. The van der Waals surface area contributed by atoms with Gasteiger partial charge in [-0.3, -0.25) is 4.79 Å². The standard InChI is InChI=1S/C18H16BrN3O/c1-13-6-2-5-9-17(13)22-18(23)15(10-20)12-21-11-14-7-3-4-8-16(14)19/h2-9,12,21H,11H2,1H3,(H,22,23)/b15-12-. The van der Waals surface area contributed by atoms with Crippen LogP contribution in [0.2, 0.25) is 0 Å². The van der Waals surface area contributed by atoms with Crippen molar-refractivity contribution in [2.24, 2.45) is 0 Å². The third-order valence-corrected chi connectivity index (χ3v) is 4.03. The first kappa shape index (κ1) is 16.8. The third-order valence-electron chi connectivity index (χ3n) is 3.26. The molecule has 5 heteroatoms. The molecule has 2 aromatic rings. The summed E-state index contributed by atoms with van der Waals surface area (Å²) in [4.78, 5) is 12.2. The van der Waals surface area contributed by atoms with E-state index < -0.39 is 5.91 Å². The summed E-state index contributed by atoms with van der Waals surface area (Å²) < 4.78 is 0.976. The Labute approximate surface area is 144 Å². The summed E-state index contributed by atoms with van der Waals surface area (Å²) >= 11 is 3.46. The summed E-state index contributed by atoms with van der Waals surface area (Å²) in [5, 5.41) is 14.9. The van der Waals surface area contributed by atoms with Gasteiger partial charge in [-0.2, -0.15) is 5.26 Å². The molecule has 0 saturated carbocycles. The Balaban J connectivity index is 2.01. The Kier molecular flexibility index (Phi) is 5.95. The maximum absolute atomic E-state index is 12.2. The van der Waals surface area contributed by atoms with E-state index in [4.69, 9.17) is 5.26 Å². The van der Waals surface area contributed by atoms with E-state index in [-0.39, 0.29) is 5.57 Å². The molecular weight excluding hydrogens is 354 g/mol. The molecule has 0 radical (unpaired) electrons. The van der Waals surface area contributed by atoms with Crippen LogP contribution in [0, 0.1) is 18.3 Å². The highest BCUT2D eigenvalue weighted by atomic mass is 79.9. The van der Waals surface area contributed by atoms with E-state index >= 15 is 0 Å². The molecule has 0 atom stereocenters. The number of nitrogens with one attached hydrogen (secondary N) is 2. The number of para-hydroxylation sites is 1. The number of rotatable bonds is 5. The quantitative estimate of drug-likeness (QED) is 0.620. The number of benzene rings is 2. The van der Waals surface area contributed by atoms with Gasteiger partial charge in [0.15, 0.2) is 0 Å². The summed E-state index contributed by atoms with van der Waals surface area (Å²) in [5.41, 5.74) is 2.71. The molecule has 0 heterocycles. The lowest BCUT2D eigenvalue weighted by atomic mass is 10.2. The van der Waals surface area contributed by atoms with Crippen LogP contribution in [0.4, 0.5) is 5.69 Å². The first-order valence-corrected chi connectivity index (χ1v) is 7.85. The lowest BCUT2D eigenvalue weighted by molar-refractivity contribution is -0.112. The number of carbonyl (C=O) groups is 1. The molecule has 0 aliphatic rings. The molecule has 0 unspecified atom stereocenters. The van der Waals surface area contributed by atoms with Crippen LogP contribution < -0.4 is 10.6 Å². The SMILES string of the molecule is Cc1ccccc1NC(=O)/C(C#N)=C\NCc1ccccc1Br. The van der Waals surface area contributed by atoms with Crippen molar-refractivity contribution in [3.8, 4) is 6.07 Å². The van der Waals surface area contributed by atoms with E-state index in [1.54, 1.807) is 6.07 Å². The molecule has 0 saturated heterocycles. The molecule has 0 fully saturated rings. The molecule has 2 N–H and O–H groups in total. The second-order valence-corrected chi connectivity index (χ2v) is 5.77. The maximum atomic E-state index is 12.2. The van der Waals surface area contributed by atoms with Gasteiger partial charge in [-0.25, -0.2) is 0 Å². The average molecular weight is 370 g/mol. The Morgan fingerprint density at radius 2 is 1.91 bits per heavy atom. The van der Waals surface area contributed by atoms with Crippen LogP contribution >= 0.6 is 15.9 Å². The number of hydrogen-bond acceptors (Lipinski definition) is 3. The van der Waals surface area contributed by atoms with Crippen molar-refractivity contribution in [1.82, 2.24) is 5.32 Å². The predicted octanol–water partition coefficient (Wildman–Crippen LogP) is 3.89. The topological polar surface area (TPSA) is 64.9 Å². The molecule has 0 bridgehead atoms. The summed E-state index contributed by atoms with van der Waals surface area (Å²) in [5.74, 6) is -0.429. The normalized spacial score (nSPS) is 10.7. The second-order valence-electron chi connectivity index (χ2n) is 4.91. The summed E-state index contributed by atoms with van der Waals surface area (Å²) in [6, 6.07) is 17.1. The number of anilines is 1. The van der Waals surface area contributed by atoms with Crippen molar-refractivity contribution in [3.63, 3.8) is 0 Å². The highest BCUT2D eigenvalue weighted by molar-refractivity contribution is 9.10. The molecule has 116 valence electrons. The molecule has 2 aromatic carbocycles. The fraction of sp³-hybridized carbons (Fsp3) is 0.111. The van der Waals surface area contributed by atoms with Crippen molar-refractivity contribution in [3.05, 3.63) is 75.9 Å². The van der Waals surface area contributed by atoms with Crippen molar-refractivity contribution >= 4 is 27.5 Å². The van der Waals surface area contributed by atoms with E-state index in [9.17, 15) is 4.79 Å². The van der Waals surface area contributed by atoms with Gasteiger partial charge in [0.25, 0.3) is 5.91 Å². The molecule has 23 heavy (non-hydrogen) atoms. The highest BCUT2D eigenvalue weighted by Crippen LogP contribution is 2.16. The molecule has 1 amide bonds. The van der Waals surface area contributed by atoms with E-state index in [0.29, 0.717) is 12.2 Å². The van der Waals surface area contributed by atoms with E-state index in [1.165, 1.54) is 6.20 Å². The van der Waals surface area contributed by atoms with Gasteiger partial charge >= 0.3 is 0 Å². The van der Waals surface area contributed by atoms with Crippen molar-refractivity contribution in [1.29, 1.82) is 5.26 Å². The predicted molar refractivity (Wildman–Crippen MR) is 94.5 cm³/mol. The van der Waals surface area contributed by atoms with Crippen LogP contribution in [0.3, 0.4) is 0 Å². The van der Waals surface area contributed by atoms with Crippen LogP contribution in [0.25, 0.3) is 0 Å². The fourth-order valence-corrected chi connectivity index (χ4v) is 2.38. The van der Waals surface area contributed by atoms with Gasteiger partial charge < -0.3 is 10.6 Å². The smallest absolute Gasteiger partial charge is 0.267 e. The average Bonchev–Trinajstić information content (AvgIpc) is 2.55. The van der Waals surface area contributed by atoms with Gasteiger partial charge in [0.1, 0.15) is 11.6 Å². The Hall–Kier alpha value is -2.58. The summed E-state index contributed by atoms with van der Waals surface area (Å²) in [7, 11) is 0. The Morgan fingerprint density at radius 1 is 1.22 bits per heavy atom. The number of hydrogen-bond donors (Lipinski definition) is 2. The fourth-order valence-electron chi connectivity index (χ4n) is 1.96. The van der Waals surface area contributed by atoms with Gasteiger partial charge in [0, 0.05) is 22.9 Å². The van der Waals surface area contributed by atoms with Crippen LogP contribution in [0.1, 0.15) is 11.1 Å². The largest absolute Gasteiger partial charge is 0.386 e. The number of amides is 1. The number of nitrogens with zero attached hydrogens (tertiary/aromatic N) is 1. The number of halogens is 1. The van der Waals surface area contributed by atoms with Crippen LogP contribution in [-0.4, -0.2) is 5.91 Å². The van der Waals surface area contributed by atoms with Crippen molar-refractivity contribution in [2.45, 2.75) is 13.5 Å². The number of carbonyl (C=O) groups excluding carboxylic acids is 1. The second kappa shape index (κ2) is 8.16. The number of aryl methyl sites for hydroxylation is 1. The van der Waals surface area contributed by atoms with Crippen LogP contribution in [0.15, 0.2) is 64.8 Å². The zero-order chi connectivity index (χ0) is 16.7. The van der Waals surface area contributed by atoms with Crippen molar-refractivity contribution in [2.75, 3.05) is 5.32 Å². The first-order valence-electron chi connectivity index (χ1n) is 7.06. The zero-order valence-electron chi connectivity index (χ0n) is 12.6. The van der Waals surface area contributed by atoms with Gasteiger partial charge in [-0.15, -0.1) is 0 Å². The van der Waals surface area contributed by atoms with Gasteiger partial charge in [-0.1, -0.05) is 52.3 Å². The summed E-state index contributed by atoms with van der Waals surface area (Å²) in [6.45, 7) is 2.42. The molecule has 0 aromatic heterocycles. The third kappa shape index (κ3) is 4.70. The molecule has 0 aliphatic carbocycles. The molecule has 0 spiro atoms. The maximum Gasteiger partial charge on any atom is 0.267 e.